The van der Waals surface area contributed by atoms with Crippen molar-refractivity contribution in [2.24, 2.45) is 0 Å². The van der Waals surface area contributed by atoms with Gasteiger partial charge < -0.3 is 14.2 Å². The van der Waals surface area contributed by atoms with Gasteiger partial charge in [0, 0.05) is 5.57 Å². The fraction of sp³-hybridized carbons (Fsp3) is 0.375. The Hall–Kier alpha value is -2.58. The molecule has 0 bridgehead atoms. The summed E-state index contributed by atoms with van der Waals surface area (Å²) in [4.78, 5) is 23.8. The first-order valence-electron chi connectivity index (χ1n) is 7.69. The lowest BCUT2D eigenvalue weighted by atomic mass is 10.2. The fourth-order valence-corrected chi connectivity index (χ4v) is 1.89. The third-order valence-electron chi connectivity index (χ3n) is 3.26. The van der Waals surface area contributed by atoms with Crippen molar-refractivity contribution < 1.29 is 58.7 Å². The molecular weight excluding hydrogens is 447 g/mol. The number of esters is 2. The van der Waals surface area contributed by atoms with E-state index in [-0.39, 0.29) is 5.56 Å². The van der Waals surface area contributed by atoms with E-state index in [1.807, 2.05) is 0 Å². The Morgan fingerprint density at radius 2 is 1.63 bits per heavy atom. The summed E-state index contributed by atoms with van der Waals surface area (Å²) in [5.74, 6) is -9.12. The summed E-state index contributed by atoms with van der Waals surface area (Å²) in [6.07, 6.45) is -6.00. The van der Waals surface area contributed by atoms with Gasteiger partial charge in [-0.3, -0.25) is 4.55 Å². The first-order chi connectivity index (χ1) is 13.5. The number of rotatable bonds is 9. The van der Waals surface area contributed by atoms with Gasteiger partial charge >= 0.3 is 39.3 Å². The molecule has 1 N–H and O–H groups in total. The first-order valence-corrected chi connectivity index (χ1v) is 9.13. The van der Waals surface area contributed by atoms with Crippen LogP contribution in [0.5, 0.6) is 0 Å². The third kappa shape index (κ3) is 5.96. The van der Waals surface area contributed by atoms with Crippen LogP contribution in [0.15, 0.2) is 42.5 Å². The van der Waals surface area contributed by atoms with Crippen LogP contribution < -0.4 is 0 Å². The molecule has 14 heteroatoms. The van der Waals surface area contributed by atoms with Gasteiger partial charge in [0.05, 0.1) is 0 Å². The minimum absolute atomic E-state index is 0.177. The normalized spacial score (nSPS) is 14.5. The Kier molecular flexibility index (Phi) is 7.68. The molecule has 1 aromatic rings. The van der Waals surface area contributed by atoms with Crippen LogP contribution >= 0.6 is 0 Å². The minimum atomic E-state index is -6.23. The van der Waals surface area contributed by atoms with Gasteiger partial charge in [-0.1, -0.05) is 36.9 Å². The van der Waals surface area contributed by atoms with Crippen LogP contribution in [-0.4, -0.2) is 48.7 Å². The second-order valence-electron chi connectivity index (χ2n) is 5.75. The standard InChI is InChI=1S/C16H15F5O8S/c1-10(2)12(22)29-15(16(19,20)21,28-9-14(17,18)30(24,25)26)13(23)27-8-11-6-4-3-5-7-11/h3-7H,1,8-9H2,2H3,(H,24,25,26). The Labute approximate surface area is 167 Å². The van der Waals surface area contributed by atoms with Crippen molar-refractivity contribution in [3.8, 4) is 0 Å². The zero-order chi connectivity index (χ0) is 23.4. The number of carbonyl (C=O) groups excluding carboxylic acids is 2. The van der Waals surface area contributed by atoms with Crippen molar-refractivity contribution in [2.45, 2.75) is 30.7 Å². The lowest BCUT2D eigenvalue weighted by Gasteiger charge is -2.33. The molecule has 30 heavy (non-hydrogen) atoms. The third-order valence-corrected chi connectivity index (χ3v) is 4.13. The highest BCUT2D eigenvalue weighted by Crippen LogP contribution is 2.38. The summed E-state index contributed by atoms with van der Waals surface area (Å²) in [5, 5.41) is -5.28. The van der Waals surface area contributed by atoms with Crippen molar-refractivity contribution in [2.75, 3.05) is 6.61 Å². The molecule has 1 unspecified atom stereocenters. The van der Waals surface area contributed by atoms with E-state index in [9.17, 15) is 40.0 Å². The van der Waals surface area contributed by atoms with Gasteiger partial charge in [-0.25, -0.2) is 9.59 Å². The van der Waals surface area contributed by atoms with Gasteiger partial charge in [0.15, 0.2) is 0 Å². The number of halogens is 5. The van der Waals surface area contributed by atoms with E-state index in [4.69, 9.17) is 4.55 Å². The van der Waals surface area contributed by atoms with Crippen LogP contribution in [-0.2, 0) is 40.5 Å². The number of alkyl halides is 5. The van der Waals surface area contributed by atoms with E-state index in [0.29, 0.717) is 0 Å². The molecule has 0 aliphatic heterocycles. The van der Waals surface area contributed by atoms with E-state index < -0.39 is 58.1 Å². The van der Waals surface area contributed by atoms with Gasteiger partial charge in [-0.2, -0.15) is 30.4 Å². The van der Waals surface area contributed by atoms with Gasteiger partial charge in [-0.05, 0) is 12.5 Å². The van der Waals surface area contributed by atoms with Crippen LogP contribution in [0, 0.1) is 0 Å². The second-order valence-corrected chi connectivity index (χ2v) is 7.29. The molecule has 1 aromatic carbocycles. The maximum absolute atomic E-state index is 13.7. The van der Waals surface area contributed by atoms with Crippen LogP contribution in [0.25, 0.3) is 0 Å². The smallest absolute Gasteiger partial charge is 0.456 e. The van der Waals surface area contributed by atoms with Crippen molar-refractivity contribution in [1.29, 1.82) is 0 Å². The molecule has 0 radical (unpaired) electrons. The molecule has 0 aliphatic carbocycles. The maximum Gasteiger partial charge on any atom is 0.468 e. The fourth-order valence-electron chi connectivity index (χ4n) is 1.68. The highest BCUT2D eigenvalue weighted by molar-refractivity contribution is 7.86. The molecule has 0 amide bonds. The highest BCUT2D eigenvalue weighted by Gasteiger charge is 2.69. The molecule has 0 fully saturated rings. The average molecular weight is 462 g/mol. The molecule has 8 nitrogen and oxygen atoms in total. The van der Waals surface area contributed by atoms with Gasteiger partial charge in [-0.15, -0.1) is 0 Å². The van der Waals surface area contributed by atoms with Crippen molar-refractivity contribution in [3.63, 3.8) is 0 Å². The van der Waals surface area contributed by atoms with E-state index in [0.717, 1.165) is 6.92 Å². The summed E-state index contributed by atoms with van der Waals surface area (Å²) in [6.45, 7) is 0.365. The maximum atomic E-state index is 13.7. The second kappa shape index (κ2) is 9.06. The Morgan fingerprint density at radius 1 is 1.10 bits per heavy atom. The van der Waals surface area contributed by atoms with Crippen LogP contribution in [0.2, 0.25) is 0 Å². The molecule has 0 aromatic heterocycles. The minimum Gasteiger partial charge on any atom is -0.456 e. The molecular formula is C16H15F5O8S. The van der Waals surface area contributed by atoms with Crippen molar-refractivity contribution in [1.82, 2.24) is 0 Å². The molecule has 1 rings (SSSR count). The van der Waals surface area contributed by atoms with E-state index in [1.54, 1.807) is 6.07 Å². The van der Waals surface area contributed by atoms with Gasteiger partial charge in [0.2, 0.25) is 0 Å². The summed E-state index contributed by atoms with van der Waals surface area (Å²) >= 11 is 0. The number of ether oxygens (including phenoxy) is 3. The zero-order valence-corrected chi connectivity index (χ0v) is 15.9. The first kappa shape index (κ1) is 25.5. The molecule has 0 saturated heterocycles. The van der Waals surface area contributed by atoms with Gasteiger partial charge in [0.25, 0.3) is 0 Å². The largest absolute Gasteiger partial charge is 0.468 e. The van der Waals surface area contributed by atoms with Crippen LogP contribution in [0.3, 0.4) is 0 Å². The Balaban J connectivity index is 3.33. The van der Waals surface area contributed by atoms with Crippen LogP contribution in [0.4, 0.5) is 22.0 Å². The Morgan fingerprint density at radius 3 is 2.07 bits per heavy atom. The van der Waals surface area contributed by atoms with Crippen molar-refractivity contribution >= 4 is 22.1 Å². The summed E-state index contributed by atoms with van der Waals surface area (Å²) < 4.78 is 110. The quantitative estimate of drug-likeness (QED) is 0.196. The molecule has 0 heterocycles. The zero-order valence-electron chi connectivity index (χ0n) is 15.1. The summed E-state index contributed by atoms with van der Waals surface area (Å²) in [7, 11) is -6.23. The number of carbonyl (C=O) groups is 2. The topological polar surface area (TPSA) is 116 Å². The SMILES string of the molecule is C=C(C)C(=O)OC(OCC(F)(F)S(=O)(=O)O)(C(=O)OCc1ccccc1)C(F)(F)F. The molecule has 1 atom stereocenters. The molecule has 168 valence electrons. The number of hydrogen-bond donors (Lipinski definition) is 1. The predicted octanol–water partition coefficient (Wildman–Crippen LogP) is 2.60. The molecule has 0 saturated carbocycles. The van der Waals surface area contributed by atoms with E-state index >= 15 is 0 Å². The Bertz CT molecular complexity index is 898. The molecule has 0 aliphatic rings. The summed E-state index contributed by atoms with van der Waals surface area (Å²) in [6, 6.07) is 7.13. The summed E-state index contributed by atoms with van der Waals surface area (Å²) in [5.41, 5.74) is -0.499. The molecule has 0 spiro atoms. The lowest BCUT2D eigenvalue weighted by molar-refractivity contribution is -0.360. The average Bonchev–Trinajstić information content (AvgIpc) is 2.61. The number of hydrogen-bond acceptors (Lipinski definition) is 7. The van der Waals surface area contributed by atoms with E-state index in [1.165, 1.54) is 24.3 Å². The van der Waals surface area contributed by atoms with Gasteiger partial charge in [0.1, 0.15) is 13.2 Å². The highest BCUT2D eigenvalue weighted by atomic mass is 32.2. The monoisotopic (exact) mass is 462 g/mol. The predicted molar refractivity (Wildman–Crippen MR) is 88.4 cm³/mol. The van der Waals surface area contributed by atoms with Crippen LogP contribution in [0.1, 0.15) is 12.5 Å². The number of benzene rings is 1. The van der Waals surface area contributed by atoms with E-state index in [2.05, 4.69) is 20.8 Å². The lowest BCUT2D eigenvalue weighted by Crippen LogP contribution is -2.59. The van der Waals surface area contributed by atoms with Crippen molar-refractivity contribution in [3.05, 3.63) is 48.0 Å².